The zero-order chi connectivity index (χ0) is 32.6. The van der Waals surface area contributed by atoms with E-state index < -0.39 is 76.0 Å². The maximum atomic E-state index is 15.1. The number of carbonyl (C=O) groups excluding carboxylic acids is 3. The van der Waals surface area contributed by atoms with Crippen LogP contribution in [-0.2, 0) is 33.3 Å². The van der Waals surface area contributed by atoms with Crippen molar-refractivity contribution in [1.29, 1.82) is 0 Å². The van der Waals surface area contributed by atoms with Crippen LogP contribution < -0.4 is 0 Å². The maximum Gasteiger partial charge on any atom is 0.338 e. The summed E-state index contributed by atoms with van der Waals surface area (Å²) in [6.07, 6.45) is -4.10. The van der Waals surface area contributed by atoms with E-state index in [4.69, 9.17) is 23.7 Å². The number of ketones is 1. The topological polar surface area (TPSA) is 138 Å². The van der Waals surface area contributed by atoms with E-state index in [0.717, 1.165) is 0 Å². The summed E-state index contributed by atoms with van der Waals surface area (Å²) in [6, 6.07) is 8.37. The molecule has 1 heterocycles. The van der Waals surface area contributed by atoms with Crippen molar-refractivity contribution in [2.45, 2.75) is 110 Å². The Morgan fingerprint density at radius 2 is 1.75 bits per heavy atom. The molecule has 2 bridgehead atoms. The molecule has 242 valence electrons. The summed E-state index contributed by atoms with van der Waals surface area (Å²) in [5.41, 5.74) is -4.54. The van der Waals surface area contributed by atoms with Crippen LogP contribution in [0.1, 0.15) is 78.6 Å². The Bertz CT molecular complexity index is 1370. The van der Waals surface area contributed by atoms with Gasteiger partial charge in [-0.1, -0.05) is 39.0 Å². The lowest BCUT2D eigenvalue weighted by molar-refractivity contribution is -0.363. The monoisotopic (exact) mass is 614 g/mol. The van der Waals surface area contributed by atoms with Crippen molar-refractivity contribution in [3.8, 4) is 0 Å². The molecule has 4 aliphatic rings. The number of ether oxygens (including phenoxy) is 5. The number of carbonyl (C=O) groups is 3. The Kier molecular flexibility index (Phi) is 7.99. The van der Waals surface area contributed by atoms with Crippen LogP contribution in [0.15, 0.2) is 41.5 Å². The van der Waals surface area contributed by atoms with Gasteiger partial charge in [-0.3, -0.25) is 9.59 Å². The third-order valence-electron chi connectivity index (χ3n) is 11.1. The molecule has 0 spiro atoms. The lowest BCUT2D eigenvalue weighted by Gasteiger charge is -2.68. The van der Waals surface area contributed by atoms with Crippen LogP contribution in [0.4, 0.5) is 0 Å². The molecule has 1 aromatic rings. The quantitative estimate of drug-likeness (QED) is 0.277. The average Bonchev–Trinajstić information content (AvgIpc) is 2.95. The Hall–Kier alpha value is -2.63. The van der Waals surface area contributed by atoms with Crippen LogP contribution in [0.3, 0.4) is 0 Å². The summed E-state index contributed by atoms with van der Waals surface area (Å²) in [4.78, 5) is 41.8. The predicted molar refractivity (Wildman–Crippen MR) is 158 cm³/mol. The summed E-state index contributed by atoms with van der Waals surface area (Å²) in [5, 5.41) is 24.4. The number of methoxy groups -OCH3 is 1. The molecule has 3 fully saturated rings. The van der Waals surface area contributed by atoms with Gasteiger partial charge in [0.25, 0.3) is 0 Å². The molecule has 1 saturated heterocycles. The lowest BCUT2D eigenvalue weighted by atomic mass is 9.43. The first-order chi connectivity index (χ1) is 20.4. The van der Waals surface area contributed by atoms with Crippen LogP contribution in [0.25, 0.3) is 0 Å². The number of esters is 2. The van der Waals surface area contributed by atoms with Gasteiger partial charge < -0.3 is 33.9 Å². The molecular formula is C34H46O10. The molecule has 2 N–H and O–H groups in total. The molecule has 10 nitrogen and oxygen atoms in total. The van der Waals surface area contributed by atoms with Gasteiger partial charge in [-0.05, 0) is 51.0 Å². The van der Waals surface area contributed by atoms with E-state index in [1.807, 2.05) is 13.8 Å². The number of benzene rings is 1. The van der Waals surface area contributed by atoms with E-state index >= 15 is 4.79 Å². The number of hydrogen-bond acceptors (Lipinski definition) is 10. The zero-order valence-electron chi connectivity index (χ0n) is 27.1. The Labute approximate surface area is 259 Å². The van der Waals surface area contributed by atoms with Gasteiger partial charge in [0.15, 0.2) is 11.4 Å². The largest absolute Gasteiger partial charge is 0.455 e. The second-order valence-corrected chi connectivity index (χ2v) is 14.2. The molecule has 9 atom stereocenters. The van der Waals surface area contributed by atoms with Gasteiger partial charge in [0, 0.05) is 38.2 Å². The molecule has 10 heteroatoms. The fraction of sp³-hybridized carbons (Fsp3) is 0.676. The van der Waals surface area contributed by atoms with E-state index in [-0.39, 0.29) is 30.8 Å². The third kappa shape index (κ3) is 4.59. The van der Waals surface area contributed by atoms with Crippen molar-refractivity contribution in [2.24, 2.45) is 22.7 Å². The maximum absolute atomic E-state index is 15.1. The molecule has 0 amide bonds. The molecule has 0 radical (unpaired) electrons. The number of fused-ring (bicyclic) bond motifs is 5. The Morgan fingerprint density at radius 3 is 2.30 bits per heavy atom. The lowest BCUT2D eigenvalue weighted by Crippen LogP contribution is -2.81. The van der Waals surface area contributed by atoms with Crippen molar-refractivity contribution in [3.63, 3.8) is 0 Å². The number of aliphatic hydroxyl groups is 2. The predicted octanol–water partition coefficient (Wildman–Crippen LogP) is 3.76. The van der Waals surface area contributed by atoms with Crippen LogP contribution >= 0.6 is 0 Å². The van der Waals surface area contributed by atoms with Crippen LogP contribution in [0.2, 0.25) is 0 Å². The molecule has 44 heavy (non-hydrogen) atoms. The second-order valence-electron chi connectivity index (χ2n) is 14.2. The van der Waals surface area contributed by atoms with E-state index in [1.165, 1.54) is 14.0 Å². The van der Waals surface area contributed by atoms with Gasteiger partial charge in [-0.2, -0.15) is 0 Å². The Morgan fingerprint density at radius 1 is 1.11 bits per heavy atom. The molecule has 3 aliphatic carbocycles. The zero-order valence-corrected chi connectivity index (χ0v) is 27.1. The second kappa shape index (κ2) is 10.7. The smallest absolute Gasteiger partial charge is 0.338 e. The molecule has 2 saturated carbocycles. The summed E-state index contributed by atoms with van der Waals surface area (Å²) >= 11 is 0. The van der Waals surface area contributed by atoms with Gasteiger partial charge in [-0.15, -0.1) is 0 Å². The highest BCUT2D eigenvalue weighted by atomic mass is 16.7. The van der Waals surface area contributed by atoms with E-state index in [2.05, 4.69) is 0 Å². The first-order valence-electron chi connectivity index (χ1n) is 15.3. The van der Waals surface area contributed by atoms with Crippen LogP contribution in [0.5, 0.6) is 0 Å². The first-order valence-corrected chi connectivity index (χ1v) is 15.3. The van der Waals surface area contributed by atoms with E-state index in [0.29, 0.717) is 11.1 Å². The standard InChI is InChI=1S/C34H46O10/c1-18-22(36)16-34(39)28(42-29(38)21-13-11-10-12-14-21)26-32(8,27(37)19(2)25(18)30(34,4)5)23(44-31(6,7)40-9)15-24-33(26,17-41-24)43-20(3)35/h10-14,19,22-24,26,28,36,39H,15-17H2,1-9H3/t19-,22+,23+,24-,26?,28+,32-,33+,34-/m1/s1. The van der Waals surface area contributed by atoms with Crippen molar-refractivity contribution in [3.05, 3.63) is 47.0 Å². The van der Waals surface area contributed by atoms with Crippen molar-refractivity contribution in [2.75, 3.05) is 13.7 Å². The summed E-state index contributed by atoms with van der Waals surface area (Å²) in [6.45, 7) is 13.6. The van der Waals surface area contributed by atoms with Crippen LogP contribution in [-0.4, -0.2) is 83.1 Å². The van der Waals surface area contributed by atoms with Gasteiger partial charge in [-0.25, -0.2) is 4.79 Å². The molecule has 5 rings (SSSR count). The summed E-state index contributed by atoms with van der Waals surface area (Å²) in [5.74, 6) is -4.57. The highest BCUT2D eigenvalue weighted by molar-refractivity contribution is 5.92. The average molecular weight is 615 g/mol. The van der Waals surface area contributed by atoms with Gasteiger partial charge in [0.05, 0.1) is 35.7 Å². The highest BCUT2D eigenvalue weighted by Gasteiger charge is 2.78. The summed E-state index contributed by atoms with van der Waals surface area (Å²) < 4.78 is 30.7. The number of aliphatic hydroxyl groups excluding tert-OH is 1. The van der Waals surface area contributed by atoms with Crippen LogP contribution in [0, 0.1) is 22.7 Å². The number of hydrogen-bond donors (Lipinski definition) is 2. The van der Waals surface area contributed by atoms with Gasteiger partial charge >= 0.3 is 11.9 Å². The fourth-order valence-electron chi connectivity index (χ4n) is 8.70. The molecule has 1 unspecified atom stereocenters. The third-order valence-corrected chi connectivity index (χ3v) is 11.1. The van der Waals surface area contributed by atoms with E-state index in [1.54, 1.807) is 65.0 Å². The number of rotatable bonds is 6. The summed E-state index contributed by atoms with van der Waals surface area (Å²) in [7, 11) is 1.50. The van der Waals surface area contributed by atoms with E-state index in [9.17, 15) is 19.8 Å². The molecule has 1 aliphatic heterocycles. The highest BCUT2D eigenvalue weighted by Crippen LogP contribution is 2.65. The van der Waals surface area contributed by atoms with Gasteiger partial charge in [0.2, 0.25) is 0 Å². The van der Waals surface area contributed by atoms with Crippen molar-refractivity contribution >= 4 is 17.7 Å². The minimum absolute atomic E-state index is 0.0697. The van der Waals surface area contributed by atoms with Crippen molar-refractivity contribution < 1.29 is 48.3 Å². The normalized spacial score (nSPS) is 39.7. The van der Waals surface area contributed by atoms with Crippen molar-refractivity contribution in [1.82, 2.24) is 0 Å². The van der Waals surface area contributed by atoms with Gasteiger partial charge in [0.1, 0.15) is 23.6 Å². The first kappa shape index (κ1) is 32.8. The molecule has 1 aromatic carbocycles. The Balaban J connectivity index is 1.84. The number of Topliss-reactive ketones (excluding diaryl/α,β-unsaturated/α-hetero) is 1. The minimum Gasteiger partial charge on any atom is -0.455 e. The SMILES string of the molecule is COC(C)(C)O[C@H]1C[C@H]2OC[C@@]2(OC(C)=O)C2[C@H](OC(=O)c3ccccc3)[C@]3(O)C[C@H](O)C(C)=C([C@@H](C)C(=O)[C@@]21C)C3(C)C. The fourth-order valence-corrected chi connectivity index (χ4v) is 8.70. The molecule has 0 aromatic heterocycles. The minimum atomic E-state index is -1.90. The molecular weight excluding hydrogens is 568 g/mol.